The lowest BCUT2D eigenvalue weighted by Gasteiger charge is -2.29. The van der Waals surface area contributed by atoms with Crippen molar-refractivity contribution in [3.05, 3.63) is 45.9 Å². The van der Waals surface area contributed by atoms with Gasteiger partial charge in [-0.05, 0) is 57.0 Å². The van der Waals surface area contributed by atoms with Crippen molar-refractivity contribution >= 4 is 17.3 Å². The highest BCUT2D eigenvalue weighted by Crippen LogP contribution is 2.27. The number of benzene rings is 1. The molecule has 3 rings (SSSR count). The molecule has 7 heteroatoms. The van der Waals surface area contributed by atoms with Gasteiger partial charge in [0.15, 0.2) is 5.96 Å². The number of nitrogens with one attached hydrogen (secondary N) is 2. The molecule has 158 valence electrons. The minimum atomic E-state index is 0.294. The van der Waals surface area contributed by atoms with Crippen LogP contribution in [-0.2, 0) is 13.0 Å². The molecule has 1 unspecified atom stereocenters. The molecule has 0 spiro atoms. The van der Waals surface area contributed by atoms with E-state index in [1.165, 1.54) is 23.3 Å². The number of ether oxygens (including phenoxy) is 1. The topological polar surface area (TPSA) is 61.8 Å². The van der Waals surface area contributed by atoms with Gasteiger partial charge < -0.3 is 15.4 Å². The van der Waals surface area contributed by atoms with E-state index < -0.39 is 0 Å². The summed E-state index contributed by atoms with van der Waals surface area (Å²) < 4.78 is 5.45. The van der Waals surface area contributed by atoms with Gasteiger partial charge in [0.1, 0.15) is 10.8 Å². The van der Waals surface area contributed by atoms with Crippen LogP contribution in [0.15, 0.2) is 35.5 Å². The third-order valence-electron chi connectivity index (χ3n) is 5.19. The first kappa shape index (κ1) is 21.6. The van der Waals surface area contributed by atoms with Gasteiger partial charge in [0.05, 0.1) is 19.7 Å². The van der Waals surface area contributed by atoms with Crippen LogP contribution in [0.5, 0.6) is 5.75 Å². The molecule has 2 aromatic rings. The normalized spacial score (nSPS) is 16.0. The minimum Gasteiger partial charge on any atom is -0.497 e. The van der Waals surface area contributed by atoms with E-state index in [0.717, 1.165) is 49.3 Å². The number of aliphatic imine (C=N–C) groups is 1. The van der Waals surface area contributed by atoms with Crippen LogP contribution in [0.3, 0.4) is 0 Å². The van der Waals surface area contributed by atoms with Crippen molar-refractivity contribution in [3.8, 4) is 5.75 Å². The lowest BCUT2D eigenvalue weighted by atomic mass is 10.1. The maximum absolute atomic E-state index is 5.45. The van der Waals surface area contributed by atoms with Gasteiger partial charge in [-0.2, -0.15) is 0 Å². The maximum atomic E-state index is 5.45. The quantitative estimate of drug-likeness (QED) is 0.484. The Labute approximate surface area is 178 Å². The molecule has 0 radical (unpaired) electrons. The molecular weight excluding hydrogens is 382 g/mol. The number of nitrogens with zero attached hydrogens (tertiary/aromatic N) is 3. The fourth-order valence-electron chi connectivity index (χ4n) is 3.63. The second-order valence-corrected chi connectivity index (χ2v) is 8.39. The van der Waals surface area contributed by atoms with E-state index >= 15 is 0 Å². The summed E-state index contributed by atoms with van der Waals surface area (Å²) in [6, 6.07) is 8.71. The van der Waals surface area contributed by atoms with Crippen molar-refractivity contribution in [1.29, 1.82) is 0 Å². The molecule has 1 aliphatic rings. The van der Waals surface area contributed by atoms with E-state index in [0.29, 0.717) is 12.6 Å². The largest absolute Gasteiger partial charge is 0.497 e. The Balaban J connectivity index is 1.70. The molecule has 0 amide bonds. The highest BCUT2D eigenvalue weighted by molar-refractivity contribution is 7.11. The van der Waals surface area contributed by atoms with Gasteiger partial charge in [-0.15, -0.1) is 11.3 Å². The van der Waals surface area contributed by atoms with E-state index in [-0.39, 0.29) is 0 Å². The molecule has 6 nitrogen and oxygen atoms in total. The fraction of sp³-hybridized carbons (Fsp3) is 0.545. The van der Waals surface area contributed by atoms with Gasteiger partial charge >= 0.3 is 0 Å². The van der Waals surface area contributed by atoms with Gasteiger partial charge in [0.25, 0.3) is 0 Å². The predicted molar refractivity (Wildman–Crippen MR) is 121 cm³/mol. The lowest BCUT2D eigenvalue weighted by Crippen LogP contribution is -2.42. The number of guanidine groups is 1. The number of methoxy groups -OCH3 is 1. The van der Waals surface area contributed by atoms with Crippen LogP contribution < -0.4 is 15.4 Å². The highest BCUT2D eigenvalue weighted by atomic mass is 32.1. The number of likely N-dealkylation sites (tertiary alicyclic amines) is 1. The van der Waals surface area contributed by atoms with E-state index in [4.69, 9.17) is 9.73 Å². The number of aryl methyl sites for hydroxylation is 1. The van der Waals surface area contributed by atoms with Crippen molar-refractivity contribution < 1.29 is 4.74 Å². The van der Waals surface area contributed by atoms with Crippen molar-refractivity contribution in [1.82, 2.24) is 20.5 Å². The van der Waals surface area contributed by atoms with Crippen LogP contribution in [0.2, 0.25) is 0 Å². The average molecular weight is 416 g/mol. The number of hydrogen-bond acceptors (Lipinski definition) is 5. The molecular formula is C22H33N5OS. The zero-order valence-electron chi connectivity index (χ0n) is 17.8. The van der Waals surface area contributed by atoms with Crippen molar-refractivity contribution in [2.45, 2.75) is 45.7 Å². The Bertz CT molecular complexity index is 785. The average Bonchev–Trinajstić information content (AvgIpc) is 3.44. The van der Waals surface area contributed by atoms with Crippen molar-refractivity contribution in [2.24, 2.45) is 4.99 Å². The molecule has 1 fully saturated rings. The summed E-state index contributed by atoms with van der Waals surface area (Å²) in [7, 11) is 1.72. The highest BCUT2D eigenvalue weighted by Gasteiger charge is 2.24. The van der Waals surface area contributed by atoms with Crippen LogP contribution >= 0.6 is 11.3 Å². The van der Waals surface area contributed by atoms with E-state index in [1.54, 1.807) is 18.4 Å². The molecule has 1 atom stereocenters. The molecule has 29 heavy (non-hydrogen) atoms. The first-order chi connectivity index (χ1) is 14.2. The molecule has 1 saturated heterocycles. The Morgan fingerprint density at radius 2 is 2.10 bits per heavy atom. The zero-order chi connectivity index (χ0) is 20.5. The summed E-state index contributed by atoms with van der Waals surface area (Å²) in [5.41, 5.74) is 1.28. The summed E-state index contributed by atoms with van der Waals surface area (Å²) >= 11 is 1.74. The van der Waals surface area contributed by atoms with Crippen LogP contribution in [0, 0.1) is 0 Å². The van der Waals surface area contributed by atoms with Crippen LogP contribution in [0.25, 0.3) is 0 Å². The Kier molecular flexibility index (Phi) is 8.31. The second-order valence-electron chi connectivity index (χ2n) is 7.19. The molecule has 1 aliphatic heterocycles. The third-order valence-corrected chi connectivity index (χ3v) is 6.32. The molecule has 0 aliphatic carbocycles. The maximum Gasteiger partial charge on any atom is 0.191 e. The van der Waals surface area contributed by atoms with Crippen LogP contribution in [0.1, 0.15) is 48.2 Å². The Morgan fingerprint density at radius 3 is 2.79 bits per heavy atom. The molecule has 2 heterocycles. The molecule has 1 aromatic heterocycles. The number of hydrogen-bond donors (Lipinski definition) is 2. The zero-order valence-corrected chi connectivity index (χ0v) is 18.6. The fourth-order valence-corrected chi connectivity index (χ4v) is 4.41. The van der Waals surface area contributed by atoms with Gasteiger partial charge in [-0.3, -0.25) is 4.90 Å². The number of rotatable bonds is 9. The van der Waals surface area contributed by atoms with Gasteiger partial charge in [-0.1, -0.05) is 19.1 Å². The van der Waals surface area contributed by atoms with Crippen molar-refractivity contribution in [3.63, 3.8) is 0 Å². The smallest absolute Gasteiger partial charge is 0.191 e. The molecule has 2 N–H and O–H groups in total. The lowest BCUT2D eigenvalue weighted by molar-refractivity contribution is 0.245. The molecule has 1 aromatic carbocycles. The number of aromatic nitrogens is 1. The van der Waals surface area contributed by atoms with Gasteiger partial charge in [-0.25, -0.2) is 9.98 Å². The molecule has 0 saturated carbocycles. The SMILES string of the molecule is CCNC(=NCc1ncc(CC)s1)NCC(c1cccc(OC)c1)N1CCCC1. The Hall–Kier alpha value is -2.12. The van der Waals surface area contributed by atoms with Crippen LogP contribution in [-0.4, -0.2) is 49.1 Å². The van der Waals surface area contributed by atoms with Gasteiger partial charge in [0, 0.05) is 24.2 Å². The predicted octanol–water partition coefficient (Wildman–Crippen LogP) is 3.61. The summed E-state index contributed by atoms with van der Waals surface area (Å²) in [5.74, 6) is 1.75. The molecule has 0 bridgehead atoms. The van der Waals surface area contributed by atoms with E-state index in [2.05, 4.69) is 52.6 Å². The first-order valence-corrected chi connectivity index (χ1v) is 11.4. The minimum absolute atomic E-state index is 0.294. The van der Waals surface area contributed by atoms with Gasteiger partial charge in [0.2, 0.25) is 0 Å². The first-order valence-electron chi connectivity index (χ1n) is 10.6. The summed E-state index contributed by atoms with van der Waals surface area (Å²) in [5, 5.41) is 7.98. The summed E-state index contributed by atoms with van der Waals surface area (Å²) in [6.45, 7) is 8.76. The van der Waals surface area contributed by atoms with Crippen molar-refractivity contribution in [2.75, 3.05) is 33.3 Å². The van der Waals surface area contributed by atoms with Crippen LogP contribution in [0.4, 0.5) is 0 Å². The summed E-state index contributed by atoms with van der Waals surface area (Å²) in [4.78, 5) is 13.1. The van der Waals surface area contributed by atoms with E-state index in [1.807, 2.05) is 12.3 Å². The second kappa shape index (κ2) is 11.2. The monoisotopic (exact) mass is 415 g/mol. The number of thiazole rings is 1. The standard InChI is InChI=1S/C22H33N5OS/c1-4-19-14-24-21(29-19)16-26-22(23-5-2)25-15-20(27-11-6-7-12-27)17-9-8-10-18(13-17)28-3/h8-10,13-14,20H,4-7,11-12,15-16H2,1-3H3,(H2,23,25,26). The van der Waals surface area contributed by atoms with E-state index in [9.17, 15) is 0 Å². The summed E-state index contributed by atoms with van der Waals surface area (Å²) in [6.07, 6.45) is 5.51. The third kappa shape index (κ3) is 6.18. The Morgan fingerprint density at radius 1 is 1.28 bits per heavy atom.